The molecule has 0 aromatic carbocycles. The minimum atomic E-state index is -0.508. The van der Waals surface area contributed by atoms with Crippen molar-refractivity contribution in [3.8, 4) is 0 Å². The molecule has 1 unspecified atom stereocenters. The Labute approximate surface area is 108 Å². The summed E-state index contributed by atoms with van der Waals surface area (Å²) in [5, 5.41) is 2.80. The number of nitrogens with one attached hydrogen (secondary N) is 2. The molecule has 0 fully saturated rings. The molecular formula is C13H23N3O2. The van der Waals surface area contributed by atoms with Crippen LogP contribution < -0.4 is 11.1 Å². The predicted octanol–water partition coefficient (Wildman–Crippen LogP) is 2.16. The number of rotatable bonds is 3. The van der Waals surface area contributed by atoms with E-state index >= 15 is 0 Å². The normalized spacial score (nSPS) is 13.2. The Morgan fingerprint density at radius 1 is 1.50 bits per heavy atom. The van der Waals surface area contributed by atoms with E-state index in [2.05, 4.69) is 10.3 Å². The van der Waals surface area contributed by atoms with Gasteiger partial charge < -0.3 is 20.8 Å². The lowest BCUT2D eigenvalue weighted by atomic mass is 10.0. The maximum Gasteiger partial charge on any atom is 0.408 e. The standard InChI is InChI=1S/C13H23N3O2/c1-8-7-15-9(2)11(8)10(6-14)16-12(17)18-13(3,4)5/h7,10,15H,6,14H2,1-5H3,(H,16,17). The highest BCUT2D eigenvalue weighted by atomic mass is 16.6. The van der Waals surface area contributed by atoms with E-state index in [9.17, 15) is 4.79 Å². The molecule has 1 atom stereocenters. The van der Waals surface area contributed by atoms with Crippen molar-refractivity contribution in [2.24, 2.45) is 5.73 Å². The summed E-state index contributed by atoms with van der Waals surface area (Å²) < 4.78 is 5.23. The number of aromatic nitrogens is 1. The van der Waals surface area contributed by atoms with Crippen molar-refractivity contribution in [1.82, 2.24) is 10.3 Å². The first-order chi connectivity index (χ1) is 8.24. The molecule has 102 valence electrons. The molecular weight excluding hydrogens is 230 g/mol. The van der Waals surface area contributed by atoms with E-state index in [0.717, 1.165) is 16.8 Å². The predicted molar refractivity (Wildman–Crippen MR) is 71.4 cm³/mol. The van der Waals surface area contributed by atoms with E-state index in [1.54, 1.807) is 0 Å². The molecule has 18 heavy (non-hydrogen) atoms. The molecule has 5 heteroatoms. The van der Waals surface area contributed by atoms with Gasteiger partial charge >= 0.3 is 6.09 Å². The summed E-state index contributed by atoms with van der Waals surface area (Å²) in [6, 6.07) is -0.230. The summed E-state index contributed by atoms with van der Waals surface area (Å²) >= 11 is 0. The number of amides is 1. The highest BCUT2D eigenvalue weighted by Crippen LogP contribution is 2.21. The van der Waals surface area contributed by atoms with Crippen LogP contribution in [0.15, 0.2) is 6.20 Å². The zero-order chi connectivity index (χ0) is 13.9. The lowest BCUT2D eigenvalue weighted by Crippen LogP contribution is -2.38. The maximum absolute atomic E-state index is 11.7. The second-order valence-corrected chi connectivity index (χ2v) is 5.44. The van der Waals surface area contributed by atoms with Crippen molar-refractivity contribution in [3.05, 3.63) is 23.0 Å². The largest absolute Gasteiger partial charge is 0.444 e. The Balaban J connectivity index is 2.77. The van der Waals surface area contributed by atoms with Crippen LogP contribution in [0.5, 0.6) is 0 Å². The van der Waals surface area contributed by atoms with Crippen LogP contribution in [0.25, 0.3) is 0 Å². The number of carbonyl (C=O) groups excluding carboxylic acids is 1. The van der Waals surface area contributed by atoms with Gasteiger partial charge in [-0.1, -0.05) is 0 Å². The first-order valence-electron chi connectivity index (χ1n) is 6.08. The molecule has 0 aliphatic carbocycles. The molecule has 1 aromatic rings. The van der Waals surface area contributed by atoms with Gasteiger partial charge in [0, 0.05) is 18.4 Å². The van der Waals surface area contributed by atoms with Gasteiger partial charge in [0.15, 0.2) is 0 Å². The molecule has 1 rings (SSSR count). The third-order valence-corrected chi connectivity index (χ3v) is 2.61. The van der Waals surface area contributed by atoms with Crippen LogP contribution in [0.3, 0.4) is 0 Å². The van der Waals surface area contributed by atoms with Gasteiger partial charge in [0.25, 0.3) is 0 Å². The van der Waals surface area contributed by atoms with Crippen LogP contribution >= 0.6 is 0 Å². The molecule has 0 spiro atoms. The van der Waals surface area contributed by atoms with Gasteiger partial charge in [-0.25, -0.2) is 4.79 Å². The topological polar surface area (TPSA) is 80.1 Å². The van der Waals surface area contributed by atoms with Crippen LogP contribution in [0, 0.1) is 13.8 Å². The Morgan fingerprint density at radius 2 is 2.11 bits per heavy atom. The van der Waals surface area contributed by atoms with Crippen molar-refractivity contribution in [1.29, 1.82) is 0 Å². The SMILES string of the molecule is Cc1c[nH]c(C)c1C(CN)NC(=O)OC(C)(C)C. The molecule has 0 aliphatic heterocycles. The molecule has 4 N–H and O–H groups in total. The summed E-state index contributed by atoms with van der Waals surface area (Å²) in [4.78, 5) is 14.9. The lowest BCUT2D eigenvalue weighted by molar-refractivity contribution is 0.0505. The Morgan fingerprint density at radius 3 is 2.50 bits per heavy atom. The lowest BCUT2D eigenvalue weighted by Gasteiger charge is -2.23. The van der Waals surface area contributed by atoms with Crippen molar-refractivity contribution in [3.63, 3.8) is 0 Å². The Kier molecular flexibility index (Phi) is 4.40. The van der Waals surface area contributed by atoms with E-state index in [4.69, 9.17) is 10.5 Å². The van der Waals surface area contributed by atoms with Gasteiger partial charge in [-0.3, -0.25) is 0 Å². The number of carbonyl (C=O) groups is 1. The van der Waals surface area contributed by atoms with E-state index in [-0.39, 0.29) is 6.04 Å². The number of hydrogen-bond acceptors (Lipinski definition) is 3. The average molecular weight is 253 g/mol. The van der Waals surface area contributed by atoms with Gasteiger partial charge in [-0.2, -0.15) is 0 Å². The van der Waals surface area contributed by atoms with Crippen molar-refractivity contribution in [2.45, 2.75) is 46.3 Å². The average Bonchev–Trinajstić information content (AvgIpc) is 2.53. The minimum Gasteiger partial charge on any atom is -0.444 e. The highest BCUT2D eigenvalue weighted by Gasteiger charge is 2.22. The summed E-state index contributed by atoms with van der Waals surface area (Å²) in [6.07, 6.45) is 1.46. The van der Waals surface area contributed by atoms with E-state index in [1.165, 1.54) is 0 Å². The fourth-order valence-corrected chi connectivity index (χ4v) is 1.90. The first kappa shape index (κ1) is 14.6. The fourth-order valence-electron chi connectivity index (χ4n) is 1.90. The highest BCUT2D eigenvalue weighted by molar-refractivity contribution is 5.68. The molecule has 5 nitrogen and oxygen atoms in total. The van der Waals surface area contributed by atoms with Gasteiger partial charge in [-0.15, -0.1) is 0 Å². The zero-order valence-corrected chi connectivity index (χ0v) is 11.8. The quantitative estimate of drug-likeness (QED) is 0.772. The monoisotopic (exact) mass is 253 g/mol. The number of nitrogens with two attached hydrogens (primary N) is 1. The molecule has 0 bridgehead atoms. The van der Waals surface area contributed by atoms with Gasteiger partial charge in [-0.05, 0) is 45.7 Å². The minimum absolute atomic E-state index is 0.230. The van der Waals surface area contributed by atoms with Gasteiger partial charge in [0.1, 0.15) is 5.60 Å². The van der Waals surface area contributed by atoms with Crippen LogP contribution in [0.2, 0.25) is 0 Å². The number of alkyl carbamates (subject to hydrolysis) is 1. The molecule has 1 amide bonds. The number of aromatic amines is 1. The summed E-state index contributed by atoms with van der Waals surface area (Å²) in [7, 11) is 0. The van der Waals surface area contributed by atoms with E-state index < -0.39 is 11.7 Å². The Bertz CT molecular complexity index is 399. The third-order valence-electron chi connectivity index (χ3n) is 2.61. The van der Waals surface area contributed by atoms with Gasteiger partial charge in [0.05, 0.1) is 6.04 Å². The molecule has 0 aliphatic rings. The summed E-state index contributed by atoms with van der Waals surface area (Å²) in [6.45, 7) is 9.77. The number of H-pyrrole nitrogens is 1. The molecule has 1 aromatic heterocycles. The van der Waals surface area contributed by atoms with Crippen molar-refractivity contribution < 1.29 is 9.53 Å². The van der Waals surface area contributed by atoms with Crippen LogP contribution in [-0.4, -0.2) is 23.2 Å². The molecule has 0 saturated heterocycles. The van der Waals surface area contributed by atoms with Crippen molar-refractivity contribution >= 4 is 6.09 Å². The van der Waals surface area contributed by atoms with Crippen molar-refractivity contribution in [2.75, 3.05) is 6.54 Å². The summed E-state index contributed by atoms with van der Waals surface area (Å²) in [5.41, 5.74) is 8.35. The fraction of sp³-hybridized carbons (Fsp3) is 0.615. The van der Waals surface area contributed by atoms with E-state index in [1.807, 2.05) is 40.8 Å². The zero-order valence-electron chi connectivity index (χ0n) is 11.8. The molecule has 0 saturated carbocycles. The number of hydrogen-bond donors (Lipinski definition) is 3. The first-order valence-corrected chi connectivity index (χ1v) is 6.08. The smallest absolute Gasteiger partial charge is 0.408 e. The summed E-state index contributed by atoms with van der Waals surface area (Å²) in [5.74, 6) is 0. The molecule has 1 heterocycles. The van der Waals surface area contributed by atoms with Crippen LogP contribution in [0.4, 0.5) is 4.79 Å². The Hall–Kier alpha value is -1.49. The van der Waals surface area contributed by atoms with E-state index in [0.29, 0.717) is 6.54 Å². The van der Waals surface area contributed by atoms with Crippen LogP contribution in [-0.2, 0) is 4.74 Å². The number of aryl methyl sites for hydroxylation is 2. The maximum atomic E-state index is 11.7. The third kappa shape index (κ3) is 3.77. The second kappa shape index (κ2) is 5.44. The molecule has 0 radical (unpaired) electrons. The number of ether oxygens (including phenoxy) is 1. The van der Waals surface area contributed by atoms with Crippen LogP contribution in [0.1, 0.15) is 43.6 Å². The second-order valence-electron chi connectivity index (χ2n) is 5.44. The van der Waals surface area contributed by atoms with Gasteiger partial charge in [0.2, 0.25) is 0 Å².